The molecule has 1 amide bonds. The van der Waals surface area contributed by atoms with E-state index in [0.717, 1.165) is 6.42 Å². The van der Waals surface area contributed by atoms with Crippen LogP contribution in [0, 0.1) is 11.3 Å². The van der Waals surface area contributed by atoms with Crippen molar-refractivity contribution >= 4 is 5.91 Å². The van der Waals surface area contributed by atoms with Crippen LogP contribution in [0.15, 0.2) is 0 Å². The Morgan fingerprint density at radius 3 is 2.11 bits per heavy atom. The molecule has 1 saturated carbocycles. The third-order valence-corrected chi connectivity index (χ3v) is 4.88. The first-order valence-corrected chi connectivity index (χ1v) is 7.91. The second-order valence-electron chi connectivity index (χ2n) is 6.28. The lowest BCUT2D eigenvalue weighted by Gasteiger charge is -2.44. The van der Waals surface area contributed by atoms with Crippen molar-refractivity contribution in [1.29, 1.82) is 0 Å². The number of rotatable bonds is 10. The maximum Gasteiger partial charge on any atom is 0.223 e. The Labute approximate surface area is 113 Å². The minimum absolute atomic E-state index is 0.0849. The molecule has 0 aliphatic heterocycles. The molecule has 0 spiro atoms. The molecule has 0 bridgehead atoms. The van der Waals surface area contributed by atoms with E-state index in [-0.39, 0.29) is 11.3 Å². The number of hydrogen-bond donors (Lipinski definition) is 1. The molecule has 2 nitrogen and oxygen atoms in total. The average Bonchev–Trinajstić information content (AvgIpc) is 2.34. The van der Waals surface area contributed by atoms with E-state index < -0.39 is 0 Å². The number of carbonyl (C=O) groups excluding carboxylic acids is 1. The van der Waals surface area contributed by atoms with Gasteiger partial charge in [0.2, 0.25) is 5.91 Å². The molecule has 0 radical (unpaired) electrons. The molecule has 2 atom stereocenters. The van der Waals surface area contributed by atoms with Gasteiger partial charge in [0.1, 0.15) is 0 Å². The number of hydrogen-bond acceptors (Lipinski definition) is 1. The van der Waals surface area contributed by atoms with Gasteiger partial charge < -0.3 is 5.73 Å². The van der Waals surface area contributed by atoms with E-state index in [4.69, 9.17) is 5.73 Å². The fourth-order valence-electron chi connectivity index (χ4n) is 3.09. The van der Waals surface area contributed by atoms with Crippen molar-refractivity contribution in [3.63, 3.8) is 0 Å². The quantitative estimate of drug-likeness (QED) is 0.575. The highest BCUT2D eigenvalue weighted by Crippen LogP contribution is 2.48. The Bertz CT molecular complexity index is 251. The van der Waals surface area contributed by atoms with E-state index in [0.29, 0.717) is 5.92 Å². The zero-order chi connectivity index (χ0) is 13.4. The Hall–Kier alpha value is -0.530. The number of carbonyl (C=O) groups is 1. The fourth-order valence-corrected chi connectivity index (χ4v) is 3.09. The first kappa shape index (κ1) is 15.5. The van der Waals surface area contributed by atoms with Crippen molar-refractivity contribution in [1.82, 2.24) is 0 Å². The van der Waals surface area contributed by atoms with Crippen molar-refractivity contribution in [2.24, 2.45) is 17.1 Å². The van der Waals surface area contributed by atoms with Gasteiger partial charge in [-0.05, 0) is 25.2 Å². The van der Waals surface area contributed by atoms with Gasteiger partial charge in [-0.3, -0.25) is 4.79 Å². The highest BCUT2D eigenvalue weighted by molar-refractivity contribution is 5.81. The first-order valence-electron chi connectivity index (χ1n) is 7.91. The highest BCUT2D eigenvalue weighted by atomic mass is 16.1. The van der Waals surface area contributed by atoms with E-state index >= 15 is 0 Å². The molecule has 106 valence electrons. The van der Waals surface area contributed by atoms with Gasteiger partial charge in [0.25, 0.3) is 0 Å². The van der Waals surface area contributed by atoms with E-state index in [1.165, 1.54) is 64.2 Å². The topological polar surface area (TPSA) is 43.1 Å². The summed E-state index contributed by atoms with van der Waals surface area (Å²) in [5.74, 6) is 0.480. The van der Waals surface area contributed by atoms with Crippen LogP contribution in [-0.2, 0) is 4.79 Å². The van der Waals surface area contributed by atoms with Gasteiger partial charge in [-0.1, -0.05) is 65.2 Å². The minimum atomic E-state index is -0.179. The summed E-state index contributed by atoms with van der Waals surface area (Å²) in [6.07, 6.45) is 14.3. The summed E-state index contributed by atoms with van der Waals surface area (Å²) in [6.45, 7) is 4.31. The van der Waals surface area contributed by atoms with Crippen LogP contribution in [0.25, 0.3) is 0 Å². The Morgan fingerprint density at radius 2 is 1.67 bits per heavy atom. The van der Waals surface area contributed by atoms with Gasteiger partial charge in [0, 0.05) is 5.41 Å². The van der Waals surface area contributed by atoms with Crippen molar-refractivity contribution < 1.29 is 4.79 Å². The molecular weight excluding hydrogens is 222 g/mol. The Morgan fingerprint density at radius 1 is 1.11 bits per heavy atom. The van der Waals surface area contributed by atoms with Crippen molar-refractivity contribution in [2.75, 3.05) is 0 Å². The monoisotopic (exact) mass is 253 g/mol. The minimum Gasteiger partial charge on any atom is -0.369 e. The lowest BCUT2D eigenvalue weighted by Crippen LogP contribution is -2.47. The number of unbranched alkanes of at least 4 members (excludes halogenated alkanes) is 7. The second kappa shape index (κ2) is 7.81. The molecule has 0 saturated heterocycles. The molecule has 1 aliphatic rings. The van der Waals surface area contributed by atoms with E-state index in [1.54, 1.807) is 0 Å². The lowest BCUT2D eigenvalue weighted by molar-refractivity contribution is -0.137. The van der Waals surface area contributed by atoms with Crippen molar-refractivity contribution in [3.05, 3.63) is 0 Å². The van der Waals surface area contributed by atoms with Gasteiger partial charge in [-0.15, -0.1) is 0 Å². The van der Waals surface area contributed by atoms with E-state index in [2.05, 4.69) is 6.92 Å². The molecular formula is C16H31NO. The second-order valence-corrected chi connectivity index (χ2v) is 6.28. The summed E-state index contributed by atoms with van der Waals surface area (Å²) < 4.78 is 0. The molecule has 0 aromatic carbocycles. The highest BCUT2D eigenvalue weighted by Gasteiger charge is 2.46. The molecule has 0 heterocycles. The molecule has 0 aromatic heterocycles. The number of primary amides is 1. The predicted molar refractivity (Wildman–Crippen MR) is 77.3 cm³/mol. The summed E-state index contributed by atoms with van der Waals surface area (Å²) >= 11 is 0. The van der Waals surface area contributed by atoms with Gasteiger partial charge in [-0.25, -0.2) is 0 Å². The van der Waals surface area contributed by atoms with Gasteiger partial charge in [-0.2, -0.15) is 0 Å². The van der Waals surface area contributed by atoms with Crippen LogP contribution < -0.4 is 5.73 Å². The molecule has 1 rings (SSSR count). The predicted octanol–water partition coefficient (Wildman–Crippen LogP) is 4.42. The smallest absolute Gasteiger partial charge is 0.223 e. The molecule has 18 heavy (non-hydrogen) atoms. The third-order valence-electron chi connectivity index (χ3n) is 4.88. The van der Waals surface area contributed by atoms with Crippen LogP contribution in [0.4, 0.5) is 0 Å². The molecule has 2 unspecified atom stereocenters. The van der Waals surface area contributed by atoms with E-state index in [1.807, 2.05) is 6.92 Å². The zero-order valence-corrected chi connectivity index (χ0v) is 12.3. The summed E-state index contributed by atoms with van der Waals surface area (Å²) in [4.78, 5) is 11.4. The lowest BCUT2D eigenvalue weighted by atomic mass is 9.59. The SMILES string of the molecule is CCCCCCCCCCC1CCC1(C)C(N)=O. The fraction of sp³-hybridized carbons (Fsp3) is 0.938. The van der Waals surface area contributed by atoms with Crippen LogP contribution in [0.5, 0.6) is 0 Å². The van der Waals surface area contributed by atoms with Crippen LogP contribution in [0.2, 0.25) is 0 Å². The summed E-state index contributed by atoms with van der Waals surface area (Å²) in [5.41, 5.74) is 5.30. The first-order chi connectivity index (χ1) is 8.61. The third kappa shape index (κ3) is 4.29. The maximum atomic E-state index is 11.4. The normalized spacial score (nSPS) is 26.9. The van der Waals surface area contributed by atoms with E-state index in [9.17, 15) is 4.79 Å². The van der Waals surface area contributed by atoms with Crippen molar-refractivity contribution in [3.8, 4) is 0 Å². The molecule has 2 heteroatoms. The largest absolute Gasteiger partial charge is 0.369 e. The molecule has 1 aliphatic carbocycles. The molecule has 1 fully saturated rings. The summed E-state index contributed by atoms with van der Waals surface area (Å²) in [6, 6.07) is 0. The maximum absolute atomic E-state index is 11.4. The van der Waals surface area contributed by atoms with Gasteiger partial charge >= 0.3 is 0 Å². The van der Waals surface area contributed by atoms with Gasteiger partial charge in [0.15, 0.2) is 0 Å². The van der Waals surface area contributed by atoms with Gasteiger partial charge in [0.05, 0.1) is 0 Å². The van der Waals surface area contributed by atoms with Crippen molar-refractivity contribution in [2.45, 2.75) is 84.5 Å². The van der Waals surface area contributed by atoms with Crippen LogP contribution >= 0.6 is 0 Å². The molecule has 2 N–H and O–H groups in total. The Balaban J connectivity index is 1.97. The number of nitrogens with two attached hydrogens (primary N) is 1. The van der Waals surface area contributed by atoms with Crippen LogP contribution in [0.3, 0.4) is 0 Å². The standard InChI is InChI=1S/C16H31NO/c1-3-4-5-6-7-8-9-10-11-14-12-13-16(14,2)15(17)18/h14H,3-13H2,1-2H3,(H2,17,18). The number of amides is 1. The average molecular weight is 253 g/mol. The summed E-state index contributed by atoms with van der Waals surface area (Å²) in [7, 11) is 0. The zero-order valence-electron chi connectivity index (χ0n) is 12.3. The molecule has 0 aromatic rings. The summed E-state index contributed by atoms with van der Waals surface area (Å²) in [5, 5.41) is 0. The van der Waals surface area contributed by atoms with Crippen LogP contribution in [-0.4, -0.2) is 5.91 Å². The Kier molecular flexibility index (Phi) is 6.73. The van der Waals surface area contributed by atoms with Crippen LogP contribution in [0.1, 0.15) is 84.5 Å².